The molecule has 2 aromatic rings. The van der Waals surface area contributed by atoms with Crippen molar-refractivity contribution >= 4 is 17.7 Å². The van der Waals surface area contributed by atoms with Gasteiger partial charge in [-0.3, -0.25) is 4.79 Å². The van der Waals surface area contributed by atoms with Crippen LogP contribution < -0.4 is 9.47 Å². The molecule has 138 valence electrons. The molecule has 1 aliphatic heterocycles. The minimum absolute atomic E-state index is 0.115. The molecule has 0 saturated heterocycles. The predicted octanol–water partition coefficient (Wildman–Crippen LogP) is 2.79. The molecule has 0 saturated carbocycles. The number of nitrogens with zero attached hydrogens (tertiary/aromatic N) is 3. The zero-order chi connectivity index (χ0) is 18.7. The lowest BCUT2D eigenvalue weighted by molar-refractivity contribution is -0.129. The first-order chi connectivity index (χ1) is 12.5. The maximum Gasteiger partial charge on any atom is 0.233 e. The third-order valence-corrected chi connectivity index (χ3v) is 5.25. The van der Waals surface area contributed by atoms with Crippen LogP contribution in [0.25, 0.3) is 0 Å². The Labute approximate surface area is 157 Å². The van der Waals surface area contributed by atoms with Crippen molar-refractivity contribution in [1.29, 1.82) is 0 Å². The van der Waals surface area contributed by atoms with E-state index in [9.17, 15) is 4.79 Å². The third kappa shape index (κ3) is 4.09. The number of methoxy groups -OCH3 is 2. The standard InChI is InChI=1S/C19H23N3O3S/c1-12-7-18(21-13(2)20-12)26-11-19(23)22-6-5-14-8-16(24-3)17(25-4)9-15(14)10-22/h7-9H,5-6,10-11H2,1-4H3. The molecule has 6 nitrogen and oxygen atoms in total. The van der Waals surface area contributed by atoms with Crippen LogP contribution >= 0.6 is 11.8 Å². The van der Waals surface area contributed by atoms with Crippen LogP contribution in [0.15, 0.2) is 23.2 Å². The fourth-order valence-electron chi connectivity index (χ4n) is 3.08. The normalized spacial score (nSPS) is 13.3. The molecule has 26 heavy (non-hydrogen) atoms. The van der Waals surface area contributed by atoms with Crippen molar-refractivity contribution in [2.24, 2.45) is 0 Å². The molecule has 0 spiro atoms. The van der Waals surface area contributed by atoms with Gasteiger partial charge in [-0.15, -0.1) is 0 Å². The number of thioether (sulfide) groups is 1. The van der Waals surface area contributed by atoms with Crippen molar-refractivity contribution < 1.29 is 14.3 Å². The summed E-state index contributed by atoms with van der Waals surface area (Å²) in [4.78, 5) is 23.2. The number of amides is 1. The van der Waals surface area contributed by atoms with Crippen LogP contribution in [0.3, 0.4) is 0 Å². The van der Waals surface area contributed by atoms with Crippen molar-refractivity contribution in [1.82, 2.24) is 14.9 Å². The summed E-state index contributed by atoms with van der Waals surface area (Å²) >= 11 is 1.46. The highest BCUT2D eigenvalue weighted by Gasteiger charge is 2.23. The third-order valence-electron chi connectivity index (χ3n) is 4.36. The van der Waals surface area contributed by atoms with Gasteiger partial charge in [-0.2, -0.15) is 0 Å². The molecule has 0 atom stereocenters. The van der Waals surface area contributed by atoms with Crippen molar-refractivity contribution in [2.75, 3.05) is 26.5 Å². The van der Waals surface area contributed by atoms with Crippen LogP contribution in [-0.2, 0) is 17.8 Å². The predicted molar refractivity (Wildman–Crippen MR) is 101 cm³/mol. The Morgan fingerprint density at radius 1 is 1.12 bits per heavy atom. The Morgan fingerprint density at radius 2 is 1.81 bits per heavy atom. The summed E-state index contributed by atoms with van der Waals surface area (Å²) in [6.07, 6.45) is 0.817. The molecule has 0 radical (unpaired) electrons. The van der Waals surface area contributed by atoms with Gasteiger partial charge in [0.1, 0.15) is 10.9 Å². The molecule has 1 aliphatic rings. The van der Waals surface area contributed by atoms with Crippen LogP contribution in [0.5, 0.6) is 11.5 Å². The van der Waals surface area contributed by atoms with E-state index >= 15 is 0 Å². The van der Waals surface area contributed by atoms with Gasteiger partial charge in [-0.05, 0) is 49.6 Å². The van der Waals surface area contributed by atoms with Gasteiger partial charge in [0.25, 0.3) is 0 Å². The second-order valence-corrected chi connectivity index (χ2v) is 7.22. The lowest BCUT2D eigenvalue weighted by atomic mass is 9.99. The van der Waals surface area contributed by atoms with Crippen LogP contribution in [0.1, 0.15) is 22.6 Å². The number of ether oxygens (including phenoxy) is 2. The zero-order valence-corrected chi connectivity index (χ0v) is 16.4. The summed E-state index contributed by atoms with van der Waals surface area (Å²) in [6.45, 7) is 5.10. The highest BCUT2D eigenvalue weighted by atomic mass is 32.2. The van der Waals surface area contributed by atoms with Crippen molar-refractivity contribution in [3.05, 3.63) is 40.8 Å². The number of rotatable bonds is 5. The summed E-state index contributed by atoms with van der Waals surface area (Å²) in [5.41, 5.74) is 3.24. The lowest BCUT2D eigenvalue weighted by Gasteiger charge is -2.29. The van der Waals surface area contributed by atoms with Gasteiger partial charge >= 0.3 is 0 Å². The summed E-state index contributed by atoms with van der Waals surface area (Å²) in [5.74, 6) is 2.65. The summed E-state index contributed by atoms with van der Waals surface area (Å²) in [6, 6.07) is 5.89. The molecule has 1 aromatic carbocycles. The fraction of sp³-hybridized carbons (Fsp3) is 0.421. The van der Waals surface area contributed by atoms with E-state index in [1.54, 1.807) is 14.2 Å². The van der Waals surface area contributed by atoms with Crippen LogP contribution in [-0.4, -0.2) is 47.3 Å². The van der Waals surface area contributed by atoms with E-state index < -0.39 is 0 Å². The fourth-order valence-corrected chi connectivity index (χ4v) is 3.98. The van der Waals surface area contributed by atoms with Crippen molar-refractivity contribution in [3.63, 3.8) is 0 Å². The van der Waals surface area contributed by atoms with Crippen LogP contribution in [0.2, 0.25) is 0 Å². The number of benzene rings is 1. The SMILES string of the molecule is COc1cc2c(cc1OC)CN(C(=O)CSc1cc(C)nc(C)n1)CC2. The van der Waals surface area contributed by atoms with Gasteiger partial charge in [-0.25, -0.2) is 9.97 Å². The molecular formula is C19H23N3O3S. The number of carbonyl (C=O) groups is 1. The molecular weight excluding hydrogens is 350 g/mol. The van der Waals surface area contributed by atoms with Crippen LogP contribution in [0, 0.1) is 13.8 Å². The second kappa shape index (κ2) is 7.95. The molecule has 0 bridgehead atoms. The molecule has 2 heterocycles. The average Bonchev–Trinajstić information content (AvgIpc) is 2.63. The first-order valence-electron chi connectivity index (χ1n) is 8.46. The maximum atomic E-state index is 12.6. The summed E-state index contributed by atoms with van der Waals surface area (Å²) < 4.78 is 10.7. The summed E-state index contributed by atoms with van der Waals surface area (Å²) in [7, 11) is 3.26. The Bertz CT molecular complexity index is 806. The van der Waals surface area contributed by atoms with E-state index in [2.05, 4.69) is 9.97 Å². The monoisotopic (exact) mass is 373 g/mol. The number of aromatic nitrogens is 2. The highest BCUT2D eigenvalue weighted by Crippen LogP contribution is 2.33. The smallest absolute Gasteiger partial charge is 0.233 e. The quantitative estimate of drug-likeness (QED) is 0.593. The molecule has 1 amide bonds. The van der Waals surface area contributed by atoms with Gasteiger partial charge in [0, 0.05) is 18.8 Å². The first kappa shape index (κ1) is 18.5. The van der Waals surface area contributed by atoms with Gasteiger partial charge in [0.2, 0.25) is 5.91 Å². The maximum absolute atomic E-state index is 12.6. The van der Waals surface area contributed by atoms with E-state index in [-0.39, 0.29) is 5.91 Å². The lowest BCUT2D eigenvalue weighted by Crippen LogP contribution is -2.37. The zero-order valence-electron chi connectivity index (χ0n) is 15.5. The minimum atomic E-state index is 0.115. The minimum Gasteiger partial charge on any atom is -0.493 e. The molecule has 0 fully saturated rings. The van der Waals surface area contributed by atoms with Gasteiger partial charge in [-0.1, -0.05) is 11.8 Å². The largest absolute Gasteiger partial charge is 0.493 e. The van der Waals surface area contributed by atoms with Gasteiger partial charge in [0.05, 0.1) is 20.0 Å². The molecule has 0 N–H and O–H groups in total. The number of hydrogen-bond donors (Lipinski definition) is 0. The average molecular weight is 373 g/mol. The molecule has 7 heteroatoms. The van der Waals surface area contributed by atoms with Crippen LogP contribution in [0.4, 0.5) is 0 Å². The topological polar surface area (TPSA) is 64.6 Å². The van der Waals surface area contributed by atoms with Crippen molar-refractivity contribution in [2.45, 2.75) is 31.8 Å². The Kier molecular flexibility index (Phi) is 5.66. The van der Waals surface area contributed by atoms with E-state index in [0.717, 1.165) is 34.3 Å². The molecule has 0 unspecified atom stereocenters. The first-order valence-corrected chi connectivity index (χ1v) is 9.45. The Balaban J connectivity index is 1.67. The molecule has 0 aliphatic carbocycles. The number of aryl methyl sites for hydroxylation is 2. The molecule has 1 aromatic heterocycles. The number of carbonyl (C=O) groups excluding carboxylic acids is 1. The van der Waals surface area contributed by atoms with E-state index in [4.69, 9.17) is 9.47 Å². The van der Waals surface area contributed by atoms with Gasteiger partial charge < -0.3 is 14.4 Å². The number of fused-ring (bicyclic) bond motifs is 1. The highest BCUT2D eigenvalue weighted by molar-refractivity contribution is 7.99. The number of hydrogen-bond acceptors (Lipinski definition) is 6. The van der Waals surface area contributed by atoms with Crippen molar-refractivity contribution in [3.8, 4) is 11.5 Å². The molecule has 3 rings (SSSR count). The summed E-state index contributed by atoms with van der Waals surface area (Å²) in [5, 5.41) is 0.840. The Morgan fingerprint density at radius 3 is 2.46 bits per heavy atom. The Hall–Kier alpha value is -2.28. The second-order valence-electron chi connectivity index (χ2n) is 6.22. The van der Waals surface area contributed by atoms with E-state index in [1.807, 2.05) is 36.9 Å². The van der Waals surface area contributed by atoms with E-state index in [0.29, 0.717) is 24.6 Å². The van der Waals surface area contributed by atoms with E-state index in [1.165, 1.54) is 17.3 Å². The van der Waals surface area contributed by atoms with Gasteiger partial charge in [0.15, 0.2) is 11.5 Å².